The Kier molecular flexibility index (Phi) is 13.6. The van der Waals surface area contributed by atoms with Gasteiger partial charge in [-0.05, 0) is 12.1 Å². The molecule has 0 bridgehead atoms. The number of rotatable bonds is 8. The molecule has 0 heterocycles. The molecule has 2 rings (SSSR count). The van der Waals surface area contributed by atoms with Gasteiger partial charge in [0.05, 0.1) is 24.7 Å². The SMILES string of the molecule is [CH2-]c1cccc(OCCOC)c1.[CH2-]c1cccc(OCCOC)c1.[Li+]. The van der Waals surface area contributed by atoms with Crippen molar-refractivity contribution >= 4 is 0 Å². The fourth-order valence-corrected chi connectivity index (χ4v) is 1.76. The van der Waals surface area contributed by atoms with Crippen LogP contribution in [0.1, 0.15) is 11.1 Å². The fourth-order valence-electron chi connectivity index (χ4n) is 1.76. The summed E-state index contributed by atoms with van der Waals surface area (Å²) in [5, 5.41) is 0. The van der Waals surface area contributed by atoms with Crippen LogP contribution in [0.4, 0.5) is 0 Å². The molecule has 2 aromatic carbocycles. The first-order chi connectivity index (χ1) is 11.7. The van der Waals surface area contributed by atoms with Crippen molar-refractivity contribution in [2.45, 2.75) is 0 Å². The van der Waals surface area contributed by atoms with Gasteiger partial charge in [0.2, 0.25) is 0 Å². The Morgan fingerprint density at radius 2 is 1.08 bits per heavy atom. The van der Waals surface area contributed by atoms with Crippen LogP contribution in [0.3, 0.4) is 0 Å². The molecule has 0 amide bonds. The molecule has 0 unspecified atom stereocenters. The van der Waals surface area contributed by atoms with Gasteiger partial charge in [-0.1, -0.05) is 0 Å². The summed E-state index contributed by atoms with van der Waals surface area (Å²) < 4.78 is 20.4. The molecule has 0 aliphatic rings. The van der Waals surface area contributed by atoms with Crippen LogP contribution in [0.5, 0.6) is 11.5 Å². The van der Waals surface area contributed by atoms with Gasteiger partial charge in [-0.3, -0.25) is 0 Å². The summed E-state index contributed by atoms with van der Waals surface area (Å²) in [6.45, 7) is 9.99. The van der Waals surface area contributed by atoms with Crippen LogP contribution >= 0.6 is 0 Å². The topological polar surface area (TPSA) is 36.9 Å². The first-order valence-electron chi connectivity index (χ1n) is 7.73. The van der Waals surface area contributed by atoms with Gasteiger partial charge in [-0.15, -0.1) is 24.3 Å². The van der Waals surface area contributed by atoms with E-state index in [1.54, 1.807) is 14.2 Å². The molecular weight excluding hydrogens is 311 g/mol. The van der Waals surface area contributed by atoms with E-state index < -0.39 is 0 Å². The van der Waals surface area contributed by atoms with E-state index >= 15 is 0 Å². The zero-order chi connectivity index (χ0) is 17.6. The Balaban J connectivity index is 0.000000443. The van der Waals surface area contributed by atoms with Crippen molar-refractivity contribution in [2.24, 2.45) is 0 Å². The van der Waals surface area contributed by atoms with E-state index in [1.807, 2.05) is 48.5 Å². The molecule has 25 heavy (non-hydrogen) atoms. The molecule has 0 atom stereocenters. The van der Waals surface area contributed by atoms with Gasteiger partial charge in [0, 0.05) is 14.2 Å². The second kappa shape index (κ2) is 14.6. The molecule has 0 spiro atoms. The molecule has 2 aromatic rings. The molecule has 0 radical (unpaired) electrons. The minimum absolute atomic E-state index is 0. The third kappa shape index (κ3) is 11.5. The predicted molar refractivity (Wildman–Crippen MR) is 96.5 cm³/mol. The summed E-state index contributed by atoms with van der Waals surface area (Å²) in [5.41, 5.74) is 1.93. The maximum absolute atomic E-state index is 5.36. The first-order valence-corrected chi connectivity index (χ1v) is 7.73. The van der Waals surface area contributed by atoms with Gasteiger partial charge in [-0.25, -0.2) is 0 Å². The van der Waals surface area contributed by atoms with E-state index in [9.17, 15) is 0 Å². The van der Waals surface area contributed by atoms with Gasteiger partial charge in [0.15, 0.2) is 0 Å². The molecule has 5 heteroatoms. The number of methoxy groups -OCH3 is 2. The summed E-state index contributed by atoms with van der Waals surface area (Å²) in [6, 6.07) is 15.3. The zero-order valence-corrected chi connectivity index (χ0v) is 15.5. The molecule has 4 nitrogen and oxygen atoms in total. The predicted octanol–water partition coefficient (Wildman–Crippen LogP) is 0.792. The Morgan fingerprint density at radius 1 is 0.680 bits per heavy atom. The number of ether oxygens (including phenoxy) is 4. The third-order valence-electron chi connectivity index (χ3n) is 2.91. The van der Waals surface area contributed by atoms with Gasteiger partial charge in [-0.2, -0.15) is 37.1 Å². The average molecular weight is 337 g/mol. The van der Waals surface area contributed by atoms with Crippen molar-refractivity contribution in [2.75, 3.05) is 40.6 Å². The summed E-state index contributed by atoms with van der Waals surface area (Å²) in [6.07, 6.45) is 0. The summed E-state index contributed by atoms with van der Waals surface area (Å²) in [5.74, 6) is 1.69. The van der Waals surface area contributed by atoms with Crippen LogP contribution in [0.25, 0.3) is 0 Å². The van der Waals surface area contributed by atoms with Gasteiger partial charge in [0.1, 0.15) is 13.2 Å². The van der Waals surface area contributed by atoms with Crippen molar-refractivity contribution in [1.82, 2.24) is 0 Å². The molecule has 0 aliphatic heterocycles. The van der Waals surface area contributed by atoms with Crippen LogP contribution < -0.4 is 28.3 Å². The Labute approximate surface area is 163 Å². The molecule has 0 N–H and O–H groups in total. The van der Waals surface area contributed by atoms with E-state index in [-0.39, 0.29) is 18.9 Å². The molecule has 132 valence electrons. The van der Waals surface area contributed by atoms with Gasteiger partial charge < -0.3 is 18.9 Å². The van der Waals surface area contributed by atoms with Crippen LogP contribution in [0.2, 0.25) is 0 Å². The third-order valence-corrected chi connectivity index (χ3v) is 2.91. The average Bonchev–Trinajstić information content (AvgIpc) is 2.56. The van der Waals surface area contributed by atoms with Crippen molar-refractivity contribution in [3.05, 3.63) is 73.5 Å². The smallest absolute Gasteiger partial charge is 0.504 e. The Bertz CT molecular complexity index is 524. The number of hydrogen-bond acceptors (Lipinski definition) is 4. The minimum atomic E-state index is 0. The maximum Gasteiger partial charge on any atom is 1.00 e. The van der Waals surface area contributed by atoms with E-state index in [1.165, 1.54) is 0 Å². The summed E-state index contributed by atoms with van der Waals surface area (Å²) >= 11 is 0. The molecular formula is C20H26LiO4-. The second-order valence-corrected chi connectivity index (χ2v) is 4.98. The van der Waals surface area contributed by atoms with Crippen LogP contribution in [-0.4, -0.2) is 40.6 Å². The zero-order valence-electron chi connectivity index (χ0n) is 15.5. The Hall–Kier alpha value is -1.70. The molecule has 0 fully saturated rings. The Morgan fingerprint density at radius 3 is 1.40 bits per heavy atom. The van der Waals surface area contributed by atoms with Crippen molar-refractivity contribution in [3.8, 4) is 11.5 Å². The maximum atomic E-state index is 5.36. The van der Waals surface area contributed by atoms with Crippen molar-refractivity contribution in [3.63, 3.8) is 0 Å². The molecule has 0 aliphatic carbocycles. The molecule has 0 saturated heterocycles. The van der Waals surface area contributed by atoms with E-state index in [0.717, 1.165) is 22.6 Å². The van der Waals surface area contributed by atoms with Crippen molar-refractivity contribution in [1.29, 1.82) is 0 Å². The monoisotopic (exact) mass is 337 g/mol. The van der Waals surface area contributed by atoms with E-state index in [0.29, 0.717) is 26.4 Å². The normalized spacial score (nSPS) is 9.36. The van der Waals surface area contributed by atoms with Crippen LogP contribution in [-0.2, 0) is 9.47 Å². The summed E-state index contributed by atoms with van der Waals surface area (Å²) in [4.78, 5) is 0. The fraction of sp³-hybridized carbons (Fsp3) is 0.300. The van der Waals surface area contributed by atoms with Crippen LogP contribution in [0, 0.1) is 13.8 Å². The quantitative estimate of drug-likeness (QED) is 0.406. The minimum Gasteiger partial charge on any atom is -0.504 e. The standard InChI is InChI=1S/2C10H13O2.Li/c2*1-9-4-3-5-10(8-9)12-7-6-11-2;/h2*3-5,8H,1,6-7H2,2H3;/q2*-1;+1. The second-order valence-electron chi connectivity index (χ2n) is 4.98. The number of hydrogen-bond donors (Lipinski definition) is 0. The van der Waals surface area contributed by atoms with Gasteiger partial charge in [0.25, 0.3) is 0 Å². The van der Waals surface area contributed by atoms with Crippen LogP contribution in [0.15, 0.2) is 48.5 Å². The number of benzene rings is 2. The molecule has 0 saturated carbocycles. The molecule has 0 aromatic heterocycles. The first kappa shape index (κ1) is 23.3. The van der Waals surface area contributed by atoms with E-state index in [2.05, 4.69) is 13.8 Å². The summed E-state index contributed by atoms with van der Waals surface area (Å²) in [7, 11) is 3.31. The van der Waals surface area contributed by atoms with Crippen molar-refractivity contribution < 1.29 is 37.8 Å². The van der Waals surface area contributed by atoms with Gasteiger partial charge >= 0.3 is 18.9 Å². The van der Waals surface area contributed by atoms with E-state index in [4.69, 9.17) is 18.9 Å². The largest absolute Gasteiger partial charge is 1.00 e.